The largest absolute Gasteiger partial charge is 0.314 e. The minimum absolute atomic E-state index is 0.120. The van der Waals surface area contributed by atoms with Crippen LogP contribution in [0.25, 0.3) is 0 Å². The fourth-order valence-electron chi connectivity index (χ4n) is 1.63. The average molecular weight is 180 g/mol. The van der Waals surface area contributed by atoms with Crippen molar-refractivity contribution in [2.45, 2.75) is 6.04 Å². The van der Waals surface area contributed by atoms with Gasteiger partial charge < -0.3 is 10.6 Å². The molecule has 0 amide bonds. The molecule has 0 aromatic heterocycles. The van der Waals surface area contributed by atoms with Gasteiger partial charge in [-0.3, -0.25) is 0 Å². The Morgan fingerprint density at radius 2 is 2.08 bits per heavy atom. The summed E-state index contributed by atoms with van der Waals surface area (Å²) in [5.74, 6) is -0.122. The second kappa shape index (κ2) is 3.85. The quantitative estimate of drug-likeness (QED) is 0.675. The molecule has 3 heteroatoms. The first kappa shape index (κ1) is 8.66. The van der Waals surface area contributed by atoms with Gasteiger partial charge in [-0.1, -0.05) is 18.2 Å². The van der Waals surface area contributed by atoms with E-state index < -0.39 is 0 Å². The molecule has 1 aliphatic rings. The van der Waals surface area contributed by atoms with Crippen molar-refractivity contribution in [3.05, 3.63) is 35.6 Å². The predicted octanol–water partition coefficient (Wildman–Crippen LogP) is 1.06. The molecular formula is C10H13FN2. The van der Waals surface area contributed by atoms with Crippen molar-refractivity contribution in [1.82, 2.24) is 10.6 Å². The van der Waals surface area contributed by atoms with Gasteiger partial charge in [0.1, 0.15) is 5.82 Å². The number of hydrogen-bond donors (Lipinski definition) is 2. The van der Waals surface area contributed by atoms with Crippen molar-refractivity contribution in [3.63, 3.8) is 0 Å². The van der Waals surface area contributed by atoms with Gasteiger partial charge in [-0.15, -0.1) is 0 Å². The molecule has 1 aromatic carbocycles. The first-order valence-electron chi connectivity index (χ1n) is 4.56. The maximum absolute atomic E-state index is 13.3. The molecule has 70 valence electrons. The van der Waals surface area contributed by atoms with Crippen LogP contribution in [0, 0.1) is 5.82 Å². The Balaban J connectivity index is 2.18. The highest BCUT2D eigenvalue weighted by Crippen LogP contribution is 2.16. The van der Waals surface area contributed by atoms with Gasteiger partial charge in [0.25, 0.3) is 0 Å². The Bertz CT molecular complexity index is 282. The van der Waals surface area contributed by atoms with Gasteiger partial charge in [0, 0.05) is 31.2 Å². The zero-order valence-corrected chi connectivity index (χ0v) is 7.39. The van der Waals surface area contributed by atoms with Crippen LogP contribution in [0.15, 0.2) is 24.3 Å². The molecule has 0 saturated carbocycles. The van der Waals surface area contributed by atoms with E-state index in [1.807, 2.05) is 12.1 Å². The second-order valence-electron chi connectivity index (χ2n) is 3.23. The Morgan fingerprint density at radius 3 is 2.77 bits per heavy atom. The van der Waals surface area contributed by atoms with Crippen LogP contribution in [0.1, 0.15) is 11.6 Å². The molecule has 1 fully saturated rings. The van der Waals surface area contributed by atoms with Crippen molar-refractivity contribution >= 4 is 0 Å². The van der Waals surface area contributed by atoms with Gasteiger partial charge in [-0.25, -0.2) is 4.39 Å². The third kappa shape index (κ3) is 1.87. The van der Waals surface area contributed by atoms with Gasteiger partial charge in [-0.05, 0) is 6.07 Å². The van der Waals surface area contributed by atoms with Gasteiger partial charge in [0.15, 0.2) is 0 Å². The van der Waals surface area contributed by atoms with E-state index in [1.165, 1.54) is 6.07 Å². The fraction of sp³-hybridized carbons (Fsp3) is 0.400. The Hall–Kier alpha value is -0.930. The molecule has 0 spiro atoms. The van der Waals surface area contributed by atoms with Crippen molar-refractivity contribution in [1.29, 1.82) is 0 Å². The van der Waals surface area contributed by atoms with Gasteiger partial charge in [0.2, 0.25) is 0 Å². The number of nitrogens with one attached hydrogen (secondary N) is 2. The van der Waals surface area contributed by atoms with Crippen LogP contribution in [-0.2, 0) is 0 Å². The highest BCUT2D eigenvalue weighted by atomic mass is 19.1. The molecule has 2 nitrogen and oxygen atoms in total. The van der Waals surface area contributed by atoms with Crippen LogP contribution in [0.5, 0.6) is 0 Å². The molecule has 0 aliphatic carbocycles. The molecule has 1 aliphatic heterocycles. The molecule has 1 saturated heterocycles. The average Bonchev–Trinajstić information content (AvgIpc) is 2.20. The summed E-state index contributed by atoms with van der Waals surface area (Å²) in [6.07, 6.45) is 0. The van der Waals surface area contributed by atoms with E-state index in [2.05, 4.69) is 10.6 Å². The third-order valence-electron chi connectivity index (χ3n) is 2.32. The lowest BCUT2D eigenvalue weighted by molar-refractivity contribution is 0.417. The number of rotatable bonds is 1. The molecule has 1 atom stereocenters. The monoisotopic (exact) mass is 180 g/mol. The van der Waals surface area contributed by atoms with E-state index >= 15 is 0 Å². The Labute approximate surface area is 77.2 Å². The lowest BCUT2D eigenvalue weighted by Gasteiger charge is -2.25. The molecule has 1 heterocycles. The number of hydrogen-bond acceptors (Lipinski definition) is 2. The topological polar surface area (TPSA) is 24.1 Å². The van der Waals surface area contributed by atoms with E-state index in [9.17, 15) is 4.39 Å². The zero-order valence-electron chi connectivity index (χ0n) is 7.39. The summed E-state index contributed by atoms with van der Waals surface area (Å²) in [4.78, 5) is 0. The van der Waals surface area contributed by atoms with Gasteiger partial charge in [-0.2, -0.15) is 0 Å². The van der Waals surface area contributed by atoms with Crippen LogP contribution < -0.4 is 10.6 Å². The normalized spacial score (nSPS) is 23.0. The van der Waals surface area contributed by atoms with E-state index in [0.717, 1.165) is 25.2 Å². The smallest absolute Gasteiger partial charge is 0.128 e. The summed E-state index contributed by atoms with van der Waals surface area (Å²) in [5, 5.41) is 6.51. The Morgan fingerprint density at radius 1 is 1.23 bits per heavy atom. The first-order valence-corrected chi connectivity index (χ1v) is 4.56. The van der Waals surface area contributed by atoms with E-state index in [-0.39, 0.29) is 11.9 Å². The highest BCUT2D eigenvalue weighted by molar-refractivity contribution is 5.21. The third-order valence-corrected chi connectivity index (χ3v) is 2.32. The molecule has 0 bridgehead atoms. The summed E-state index contributed by atoms with van der Waals surface area (Å²) in [6, 6.07) is 7.05. The molecule has 0 unspecified atom stereocenters. The predicted molar refractivity (Wildman–Crippen MR) is 50.0 cm³/mol. The summed E-state index contributed by atoms with van der Waals surface area (Å²) >= 11 is 0. The molecule has 13 heavy (non-hydrogen) atoms. The van der Waals surface area contributed by atoms with Crippen molar-refractivity contribution in [2.24, 2.45) is 0 Å². The van der Waals surface area contributed by atoms with Crippen LogP contribution in [0.4, 0.5) is 4.39 Å². The Kier molecular flexibility index (Phi) is 2.57. The minimum atomic E-state index is -0.122. The lowest BCUT2D eigenvalue weighted by atomic mass is 10.1. The van der Waals surface area contributed by atoms with Crippen molar-refractivity contribution in [3.8, 4) is 0 Å². The van der Waals surface area contributed by atoms with E-state index in [0.29, 0.717) is 0 Å². The summed E-state index contributed by atoms with van der Waals surface area (Å²) in [5.41, 5.74) is 0.759. The summed E-state index contributed by atoms with van der Waals surface area (Å²) in [6.45, 7) is 2.67. The standard InChI is InChI=1S/C10H13FN2/c11-9-4-2-1-3-8(9)10-7-12-5-6-13-10/h1-4,10,12-13H,5-7H2/t10-/m1/s1. The van der Waals surface area contributed by atoms with Gasteiger partial charge >= 0.3 is 0 Å². The molecular weight excluding hydrogens is 167 g/mol. The first-order chi connectivity index (χ1) is 6.38. The van der Waals surface area contributed by atoms with E-state index in [1.54, 1.807) is 6.07 Å². The summed E-state index contributed by atoms with van der Waals surface area (Å²) < 4.78 is 13.3. The van der Waals surface area contributed by atoms with Crippen molar-refractivity contribution < 1.29 is 4.39 Å². The highest BCUT2D eigenvalue weighted by Gasteiger charge is 2.16. The second-order valence-corrected chi connectivity index (χ2v) is 3.23. The molecule has 2 N–H and O–H groups in total. The number of benzene rings is 1. The van der Waals surface area contributed by atoms with Crippen molar-refractivity contribution in [2.75, 3.05) is 19.6 Å². The zero-order chi connectivity index (χ0) is 9.10. The minimum Gasteiger partial charge on any atom is -0.314 e. The molecule has 1 aromatic rings. The lowest BCUT2D eigenvalue weighted by Crippen LogP contribution is -2.42. The maximum atomic E-state index is 13.3. The van der Waals surface area contributed by atoms with Crippen LogP contribution in [0.2, 0.25) is 0 Å². The fourth-order valence-corrected chi connectivity index (χ4v) is 1.63. The number of halogens is 1. The van der Waals surface area contributed by atoms with Crippen LogP contribution in [0.3, 0.4) is 0 Å². The van der Waals surface area contributed by atoms with E-state index in [4.69, 9.17) is 0 Å². The van der Waals surface area contributed by atoms with Crippen LogP contribution >= 0.6 is 0 Å². The number of piperazine rings is 1. The molecule has 2 rings (SSSR count). The summed E-state index contributed by atoms with van der Waals surface area (Å²) in [7, 11) is 0. The SMILES string of the molecule is Fc1ccccc1[C@H]1CNCCN1. The van der Waals surface area contributed by atoms with Gasteiger partial charge in [0.05, 0.1) is 0 Å². The maximum Gasteiger partial charge on any atom is 0.128 e. The van der Waals surface area contributed by atoms with Crippen LogP contribution in [-0.4, -0.2) is 19.6 Å². The molecule has 0 radical (unpaired) electrons.